The molecule has 11 unspecified atom stereocenters. The number of ether oxygens (including phenoxy) is 2. The van der Waals surface area contributed by atoms with Gasteiger partial charge in [-0.15, -0.1) is 0 Å². The van der Waals surface area contributed by atoms with E-state index in [2.05, 4.69) is 94.2 Å². The molecule has 11 atom stereocenters. The summed E-state index contributed by atoms with van der Waals surface area (Å²) < 4.78 is 12.1. The molecular formula is C83H146O4. The molecule has 0 aromatic carbocycles. The molecule has 87 heavy (non-hydrogen) atoms. The standard InChI is InChI=1S/C83H146O4/c1-16-23-26-27-40-49-58-81(87-83(85)22-7)80(84)57-48-39-31-29-28-30-37-46-53-75(60-59-69(10)50-43-34-33-38-47-55-76(62-67(8)19-4)72(13)64-79-66-78(79)56-42-25-18-3)61-70(11)51-44-35-32-36-45-52-71(12)82(86-74(15)21-6)65-73(14)77(54-41-24-17-2)63-68(9)20-5/h19-22,71-73,75-82,84H,4-11,15-18,23-66H2,1-3,12-14H3. The first-order chi connectivity index (χ1) is 42.0. The Hall–Kier alpha value is -3.11. The number of carbonyl (C=O) groups excluding carboxylic acids is 1. The molecule has 1 aliphatic rings. The normalized spacial score (nSPS) is 17.0. The summed E-state index contributed by atoms with van der Waals surface area (Å²) >= 11 is 0. The van der Waals surface area contributed by atoms with Crippen molar-refractivity contribution in [2.24, 2.45) is 47.3 Å². The molecule has 0 aromatic heterocycles. The van der Waals surface area contributed by atoms with Crippen molar-refractivity contribution in [1.82, 2.24) is 0 Å². The van der Waals surface area contributed by atoms with Crippen molar-refractivity contribution in [3.63, 3.8) is 0 Å². The Morgan fingerprint density at radius 1 is 0.437 bits per heavy atom. The number of hydrogen-bond acceptors (Lipinski definition) is 4. The van der Waals surface area contributed by atoms with Gasteiger partial charge in [0.15, 0.2) is 0 Å². The molecule has 0 radical (unpaired) electrons. The van der Waals surface area contributed by atoms with E-state index < -0.39 is 18.2 Å². The second-order valence-corrected chi connectivity index (χ2v) is 28.6. The summed E-state index contributed by atoms with van der Waals surface area (Å²) in [4.78, 5) is 12.1. The van der Waals surface area contributed by atoms with Crippen molar-refractivity contribution in [2.45, 2.75) is 362 Å². The maximum atomic E-state index is 12.1. The topological polar surface area (TPSA) is 55.8 Å². The van der Waals surface area contributed by atoms with Gasteiger partial charge in [-0.25, -0.2) is 4.79 Å². The lowest BCUT2D eigenvalue weighted by Gasteiger charge is -2.32. The molecular weight excluding hydrogens is 1060 g/mol. The molecule has 0 spiro atoms. The lowest BCUT2D eigenvalue weighted by atomic mass is 9.79. The number of hydrogen-bond donors (Lipinski definition) is 1. The van der Waals surface area contributed by atoms with Crippen LogP contribution in [0.5, 0.6) is 0 Å². The first kappa shape index (κ1) is 81.9. The van der Waals surface area contributed by atoms with Gasteiger partial charge in [0.1, 0.15) is 18.0 Å². The lowest BCUT2D eigenvalue weighted by molar-refractivity contribution is -0.149. The Labute approximate surface area is 543 Å². The number of aliphatic hydroxyl groups excluding tert-OH is 1. The van der Waals surface area contributed by atoms with E-state index >= 15 is 0 Å². The fourth-order valence-electron chi connectivity index (χ4n) is 14.1. The van der Waals surface area contributed by atoms with Gasteiger partial charge in [0, 0.05) is 6.08 Å². The van der Waals surface area contributed by atoms with Crippen molar-refractivity contribution < 1.29 is 19.4 Å². The second kappa shape index (κ2) is 54.6. The maximum Gasteiger partial charge on any atom is 0.330 e. The van der Waals surface area contributed by atoms with Crippen molar-refractivity contribution in [3.05, 3.63) is 112 Å². The molecule has 0 aliphatic heterocycles. The Balaban J connectivity index is 2.70. The monoisotopic (exact) mass is 1210 g/mol. The number of esters is 1. The van der Waals surface area contributed by atoms with Crippen molar-refractivity contribution in [1.29, 1.82) is 0 Å². The van der Waals surface area contributed by atoms with Crippen LogP contribution in [0.2, 0.25) is 0 Å². The van der Waals surface area contributed by atoms with Gasteiger partial charge in [0.05, 0.1) is 6.10 Å². The molecule has 0 amide bonds. The Morgan fingerprint density at radius 2 is 0.897 bits per heavy atom. The smallest absolute Gasteiger partial charge is 0.330 e. The number of rotatable bonds is 66. The third-order valence-corrected chi connectivity index (χ3v) is 20.5. The molecule has 0 heterocycles. The van der Waals surface area contributed by atoms with Gasteiger partial charge >= 0.3 is 5.97 Å². The molecule has 4 nitrogen and oxygen atoms in total. The number of unbranched alkanes of at least 4 members (excludes halogenated alkanes) is 24. The molecule has 1 rings (SSSR count). The zero-order valence-corrected chi connectivity index (χ0v) is 58.9. The minimum absolute atomic E-state index is 0.149. The van der Waals surface area contributed by atoms with Crippen molar-refractivity contribution in [3.8, 4) is 0 Å². The summed E-state index contributed by atoms with van der Waals surface area (Å²) in [5.41, 5.74) is 5.30. The minimum atomic E-state index is -0.598. The highest BCUT2D eigenvalue weighted by molar-refractivity contribution is 5.81. The van der Waals surface area contributed by atoms with Crippen LogP contribution >= 0.6 is 0 Å². The van der Waals surface area contributed by atoms with Crippen LogP contribution in [0, 0.1) is 47.3 Å². The highest BCUT2D eigenvalue weighted by Crippen LogP contribution is 2.48. The summed E-state index contributed by atoms with van der Waals surface area (Å²) in [6.45, 7) is 51.9. The van der Waals surface area contributed by atoms with Gasteiger partial charge < -0.3 is 14.6 Å². The largest absolute Gasteiger partial charge is 0.491 e. The zero-order valence-electron chi connectivity index (χ0n) is 58.9. The van der Waals surface area contributed by atoms with Gasteiger partial charge in [-0.1, -0.05) is 321 Å². The predicted molar refractivity (Wildman–Crippen MR) is 386 cm³/mol. The first-order valence-corrected chi connectivity index (χ1v) is 37.5. The molecule has 0 saturated heterocycles. The van der Waals surface area contributed by atoms with E-state index in [1.54, 1.807) is 6.08 Å². The molecule has 1 fully saturated rings. The molecule has 4 heteroatoms. The first-order valence-electron chi connectivity index (χ1n) is 37.5. The van der Waals surface area contributed by atoms with Crippen LogP contribution in [0.3, 0.4) is 0 Å². The molecule has 1 aliphatic carbocycles. The van der Waals surface area contributed by atoms with E-state index in [4.69, 9.17) is 16.1 Å². The zero-order chi connectivity index (χ0) is 64.3. The van der Waals surface area contributed by atoms with Crippen LogP contribution in [0.15, 0.2) is 112 Å². The SMILES string of the molecule is C=CC(=C)CC(CCCCCCCC(=C)CCC(CCCCCCCCCCC(O)C(CCCCCCCC)OC(=O)C=C)CC(=C)CCCCCCCC(C)C(CC(C)C(CCCCC)CC(=C)C=C)OC(=C)C=C)C(C)CC1CC1CCCCC. The summed E-state index contributed by atoms with van der Waals surface area (Å²) in [5, 5.41) is 11.0. The minimum Gasteiger partial charge on any atom is -0.491 e. The summed E-state index contributed by atoms with van der Waals surface area (Å²) in [6, 6.07) is 0. The van der Waals surface area contributed by atoms with E-state index in [1.807, 2.05) is 12.2 Å². The molecule has 1 saturated carbocycles. The maximum absolute atomic E-state index is 12.1. The van der Waals surface area contributed by atoms with Gasteiger partial charge in [0.25, 0.3) is 0 Å². The quantitative estimate of drug-likeness (QED) is 0.0165. The fraction of sp³-hybridized carbons (Fsp3) is 0.771. The average Bonchev–Trinajstić information content (AvgIpc) is 2.89. The Bertz CT molecular complexity index is 1820. The van der Waals surface area contributed by atoms with Crippen LogP contribution in [-0.2, 0) is 14.3 Å². The van der Waals surface area contributed by atoms with E-state index in [-0.39, 0.29) is 6.10 Å². The molecule has 0 bridgehead atoms. The second-order valence-electron chi connectivity index (χ2n) is 28.6. The molecule has 0 aromatic rings. The fourth-order valence-corrected chi connectivity index (χ4v) is 14.1. The Morgan fingerprint density at radius 3 is 1.45 bits per heavy atom. The predicted octanol–water partition coefficient (Wildman–Crippen LogP) is 26.5. The third kappa shape index (κ3) is 44.1. The van der Waals surface area contributed by atoms with Gasteiger partial charge in [-0.3, -0.25) is 0 Å². The van der Waals surface area contributed by atoms with E-state index in [1.165, 1.54) is 254 Å². The molecule has 1 N–H and O–H groups in total. The van der Waals surface area contributed by atoms with Crippen LogP contribution in [-0.4, -0.2) is 29.4 Å². The van der Waals surface area contributed by atoms with Gasteiger partial charge in [-0.05, 0) is 169 Å². The van der Waals surface area contributed by atoms with Crippen molar-refractivity contribution >= 4 is 5.97 Å². The van der Waals surface area contributed by atoms with Gasteiger partial charge in [0.2, 0.25) is 0 Å². The summed E-state index contributed by atoms with van der Waals surface area (Å²) in [7, 11) is 0. The summed E-state index contributed by atoms with van der Waals surface area (Å²) in [5.74, 6) is 6.08. The highest BCUT2D eigenvalue weighted by Gasteiger charge is 2.38. The molecule has 502 valence electrons. The van der Waals surface area contributed by atoms with E-state index in [0.29, 0.717) is 35.9 Å². The Kier molecular flexibility index (Phi) is 51.4. The number of aliphatic hydroxyl groups is 1. The number of allylic oxidation sites excluding steroid dienone is 7. The van der Waals surface area contributed by atoms with Crippen LogP contribution < -0.4 is 0 Å². The van der Waals surface area contributed by atoms with E-state index in [0.717, 1.165) is 93.5 Å². The highest BCUT2D eigenvalue weighted by atomic mass is 16.6. The summed E-state index contributed by atoms with van der Waals surface area (Å²) in [6.07, 6.45) is 63.7. The lowest BCUT2D eigenvalue weighted by Crippen LogP contribution is -2.31. The number of carbonyl (C=O) groups is 1. The van der Waals surface area contributed by atoms with Crippen LogP contribution in [0.4, 0.5) is 0 Å². The van der Waals surface area contributed by atoms with E-state index in [9.17, 15) is 9.90 Å². The average molecular weight is 1210 g/mol. The van der Waals surface area contributed by atoms with Crippen molar-refractivity contribution in [2.75, 3.05) is 0 Å². The van der Waals surface area contributed by atoms with Gasteiger partial charge in [-0.2, -0.15) is 0 Å². The van der Waals surface area contributed by atoms with Crippen LogP contribution in [0.25, 0.3) is 0 Å². The van der Waals surface area contributed by atoms with Crippen LogP contribution in [0.1, 0.15) is 343 Å². The third-order valence-electron chi connectivity index (χ3n) is 20.5.